The van der Waals surface area contributed by atoms with Crippen molar-refractivity contribution >= 4 is 33.5 Å². The van der Waals surface area contributed by atoms with Gasteiger partial charge in [0.25, 0.3) is 0 Å². The number of anilines is 1. The maximum Gasteiger partial charge on any atom is 0.230 e. The molecule has 2 heterocycles. The average molecular weight is 392 g/mol. The number of benzene rings is 3. The van der Waals surface area contributed by atoms with Gasteiger partial charge in [0, 0.05) is 17.0 Å². The Balaban J connectivity index is 1.59. The Labute approximate surface area is 174 Å². The van der Waals surface area contributed by atoms with Gasteiger partial charge in [-0.15, -0.1) is 0 Å². The van der Waals surface area contributed by atoms with E-state index in [9.17, 15) is 4.79 Å². The van der Waals surface area contributed by atoms with Crippen molar-refractivity contribution in [1.29, 1.82) is 0 Å². The molecule has 3 aromatic carbocycles. The van der Waals surface area contributed by atoms with Crippen molar-refractivity contribution in [2.75, 3.05) is 5.32 Å². The molecule has 5 heteroatoms. The zero-order chi connectivity index (χ0) is 20.5. The number of carbonyl (C=O) groups is 1. The van der Waals surface area contributed by atoms with Crippen molar-refractivity contribution in [1.82, 2.24) is 14.8 Å². The van der Waals surface area contributed by atoms with Crippen LogP contribution in [-0.2, 0) is 11.2 Å². The molecule has 0 aliphatic heterocycles. The van der Waals surface area contributed by atoms with Gasteiger partial charge in [-0.1, -0.05) is 66.2 Å². The summed E-state index contributed by atoms with van der Waals surface area (Å²) in [5, 5.41) is 9.70. The standard InChI is InChI=1S/C25H20N4O/c1-17-11-13-19(14-12-17)29-16-21-20-9-5-6-10-22(20)26-25(24(21)28-29)27-23(30)15-18-7-3-2-4-8-18/h2-14,16H,15H2,1H3,(H,26,27,30). The third kappa shape index (κ3) is 3.42. The molecular weight excluding hydrogens is 372 g/mol. The molecular formula is C25H20N4O. The van der Waals surface area contributed by atoms with Gasteiger partial charge >= 0.3 is 0 Å². The maximum absolute atomic E-state index is 12.7. The summed E-state index contributed by atoms with van der Waals surface area (Å²) in [5.74, 6) is 0.366. The normalized spacial score (nSPS) is 11.1. The number of amides is 1. The van der Waals surface area contributed by atoms with E-state index in [0.29, 0.717) is 11.3 Å². The van der Waals surface area contributed by atoms with Gasteiger partial charge in [0.05, 0.1) is 17.6 Å². The summed E-state index contributed by atoms with van der Waals surface area (Å²) in [6.45, 7) is 2.06. The number of rotatable bonds is 4. The second-order valence-corrected chi connectivity index (χ2v) is 7.36. The van der Waals surface area contributed by atoms with Gasteiger partial charge in [-0.3, -0.25) is 4.79 Å². The van der Waals surface area contributed by atoms with Crippen LogP contribution in [0.3, 0.4) is 0 Å². The molecule has 5 rings (SSSR count). The third-order valence-electron chi connectivity index (χ3n) is 5.13. The summed E-state index contributed by atoms with van der Waals surface area (Å²) in [7, 11) is 0. The minimum Gasteiger partial charge on any atom is -0.309 e. The molecule has 0 bridgehead atoms. The zero-order valence-corrected chi connectivity index (χ0v) is 16.5. The average Bonchev–Trinajstić information content (AvgIpc) is 3.21. The summed E-state index contributed by atoms with van der Waals surface area (Å²) in [6.07, 6.45) is 2.28. The van der Waals surface area contributed by atoms with Crippen LogP contribution < -0.4 is 5.32 Å². The van der Waals surface area contributed by atoms with Crippen LogP contribution in [-0.4, -0.2) is 20.7 Å². The molecule has 1 amide bonds. The Morgan fingerprint density at radius 2 is 1.63 bits per heavy atom. The van der Waals surface area contributed by atoms with Gasteiger partial charge in [-0.2, -0.15) is 5.10 Å². The molecule has 0 aliphatic carbocycles. The first kappa shape index (κ1) is 18.1. The number of carbonyl (C=O) groups excluding carboxylic acids is 1. The molecule has 2 aromatic heterocycles. The van der Waals surface area contributed by atoms with E-state index < -0.39 is 0 Å². The Hall–Kier alpha value is -3.99. The van der Waals surface area contributed by atoms with Gasteiger partial charge in [0.1, 0.15) is 5.52 Å². The van der Waals surface area contributed by atoms with E-state index in [1.54, 1.807) is 0 Å². The Morgan fingerprint density at radius 1 is 0.900 bits per heavy atom. The van der Waals surface area contributed by atoms with Crippen molar-refractivity contribution < 1.29 is 4.79 Å². The van der Waals surface area contributed by atoms with E-state index >= 15 is 0 Å². The number of para-hydroxylation sites is 1. The maximum atomic E-state index is 12.7. The van der Waals surface area contributed by atoms with Crippen LogP contribution in [0.4, 0.5) is 5.82 Å². The van der Waals surface area contributed by atoms with E-state index in [2.05, 4.69) is 24.4 Å². The number of pyridine rings is 1. The lowest BCUT2D eigenvalue weighted by Crippen LogP contribution is -2.15. The van der Waals surface area contributed by atoms with Crippen LogP contribution in [0.2, 0.25) is 0 Å². The van der Waals surface area contributed by atoms with Crippen molar-refractivity contribution in [2.24, 2.45) is 0 Å². The molecule has 0 atom stereocenters. The summed E-state index contributed by atoms with van der Waals surface area (Å²) < 4.78 is 1.84. The molecule has 5 nitrogen and oxygen atoms in total. The van der Waals surface area contributed by atoms with Gasteiger partial charge in [-0.25, -0.2) is 9.67 Å². The summed E-state index contributed by atoms with van der Waals surface area (Å²) in [6, 6.07) is 25.8. The lowest BCUT2D eigenvalue weighted by Gasteiger charge is -2.07. The minimum atomic E-state index is -0.116. The van der Waals surface area contributed by atoms with Gasteiger partial charge in [0.15, 0.2) is 5.82 Å². The molecule has 0 saturated carbocycles. The number of fused-ring (bicyclic) bond motifs is 3. The third-order valence-corrected chi connectivity index (χ3v) is 5.13. The van der Waals surface area contributed by atoms with Crippen molar-refractivity contribution in [3.8, 4) is 5.69 Å². The van der Waals surface area contributed by atoms with Crippen molar-refractivity contribution in [3.05, 3.63) is 96.2 Å². The highest BCUT2D eigenvalue weighted by atomic mass is 16.1. The first-order valence-corrected chi connectivity index (χ1v) is 9.86. The largest absolute Gasteiger partial charge is 0.309 e. The van der Waals surface area contributed by atoms with Crippen LogP contribution in [0.5, 0.6) is 0 Å². The molecule has 0 spiro atoms. The number of hydrogen-bond acceptors (Lipinski definition) is 3. The number of nitrogens with zero attached hydrogens (tertiary/aromatic N) is 3. The van der Waals surface area contributed by atoms with Crippen molar-refractivity contribution in [3.63, 3.8) is 0 Å². The predicted octanol–water partition coefficient (Wildman–Crippen LogP) is 5.06. The van der Waals surface area contributed by atoms with Crippen LogP contribution in [0, 0.1) is 6.92 Å². The molecule has 5 aromatic rings. The van der Waals surface area contributed by atoms with E-state index in [1.165, 1.54) is 5.56 Å². The van der Waals surface area contributed by atoms with E-state index in [0.717, 1.165) is 27.5 Å². The molecule has 0 fully saturated rings. The highest BCUT2D eigenvalue weighted by Crippen LogP contribution is 2.29. The highest BCUT2D eigenvalue weighted by Gasteiger charge is 2.15. The van der Waals surface area contributed by atoms with Gasteiger partial charge in [0.2, 0.25) is 5.91 Å². The molecule has 0 saturated heterocycles. The van der Waals surface area contributed by atoms with Crippen LogP contribution in [0.25, 0.3) is 27.5 Å². The fourth-order valence-corrected chi connectivity index (χ4v) is 3.59. The fourth-order valence-electron chi connectivity index (χ4n) is 3.59. The van der Waals surface area contributed by atoms with Gasteiger partial charge < -0.3 is 5.32 Å². The fraction of sp³-hybridized carbons (Fsp3) is 0.0800. The molecule has 30 heavy (non-hydrogen) atoms. The van der Waals surface area contributed by atoms with E-state index in [-0.39, 0.29) is 12.3 Å². The molecule has 0 radical (unpaired) electrons. The first-order valence-electron chi connectivity index (χ1n) is 9.86. The highest BCUT2D eigenvalue weighted by molar-refractivity contribution is 6.10. The second kappa shape index (κ2) is 7.44. The molecule has 146 valence electrons. The SMILES string of the molecule is Cc1ccc(-n2cc3c(n2)c(NC(=O)Cc2ccccc2)nc2ccccc23)cc1. The molecule has 0 aliphatic rings. The Bertz CT molecular complexity index is 1360. The molecule has 1 N–H and O–H groups in total. The number of aryl methyl sites for hydroxylation is 1. The second-order valence-electron chi connectivity index (χ2n) is 7.36. The first-order chi connectivity index (χ1) is 14.7. The quantitative estimate of drug-likeness (QED) is 0.465. The summed E-state index contributed by atoms with van der Waals surface area (Å²) in [4.78, 5) is 17.4. The molecule has 0 unspecified atom stereocenters. The van der Waals surface area contributed by atoms with Crippen LogP contribution in [0.1, 0.15) is 11.1 Å². The summed E-state index contributed by atoms with van der Waals surface area (Å²) in [5.41, 5.74) is 4.61. The van der Waals surface area contributed by atoms with Gasteiger partial charge in [-0.05, 0) is 30.7 Å². The lowest BCUT2D eigenvalue weighted by molar-refractivity contribution is -0.115. The monoisotopic (exact) mass is 392 g/mol. The van der Waals surface area contributed by atoms with E-state index in [1.807, 2.05) is 77.6 Å². The smallest absolute Gasteiger partial charge is 0.230 e. The topological polar surface area (TPSA) is 59.8 Å². The Kier molecular flexibility index (Phi) is 4.48. The lowest BCUT2D eigenvalue weighted by atomic mass is 10.1. The van der Waals surface area contributed by atoms with Crippen molar-refractivity contribution in [2.45, 2.75) is 13.3 Å². The van der Waals surface area contributed by atoms with Crippen LogP contribution >= 0.6 is 0 Å². The number of nitrogens with one attached hydrogen (secondary N) is 1. The predicted molar refractivity (Wildman–Crippen MR) is 120 cm³/mol. The number of aromatic nitrogens is 3. The van der Waals surface area contributed by atoms with Crippen LogP contribution in [0.15, 0.2) is 85.1 Å². The van der Waals surface area contributed by atoms with E-state index in [4.69, 9.17) is 10.1 Å². The zero-order valence-electron chi connectivity index (χ0n) is 16.5. The number of hydrogen-bond donors (Lipinski definition) is 1. The minimum absolute atomic E-state index is 0.116. The summed E-state index contributed by atoms with van der Waals surface area (Å²) >= 11 is 0. The Morgan fingerprint density at radius 3 is 2.43 bits per heavy atom.